The fourth-order valence-electron chi connectivity index (χ4n) is 1.44. The van der Waals surface area contributed by atoms with Crippen molar-refractivity contribution >= 4 is 5.97 Å². The maximum Gasteiger partial charge on any atom is 0.308 e. The highest BCUT2D eigenvalue weighted by Gasteiger charge is 2.12. The SMILES string of the molecule is N#CCOC(=O)CCN1CCCC1. The van der Waals surface area contributed by atoms with E-state index in [2.05, 4.69) is 9.64 Å². The van der Waals surface area contributed by atoms with Gasteiger partial charge in [-0.1, -0.05) is 0 Å². The standard InChI is InChI=1S/C9H14N2O2/c10-4-8-13-9(12)3-7-11-5-1-2-6-11/h1-3,5-8H2. The second kappa shape index (κ2) is 5.55. The lowest BCUT2D eigenvalue weighted by molar-refractivity contribution is -0.142. The number of carbonyl (C=O) groups excluding carboxylic acids is 1. The van der Waals surface area contributed by atoms with E-state index in [1.54, 1.807) is 6.07 Å². The molecule has 0 N–H and O–H groups in total. The van der Waals surface area contributed by atoms with E-state index in [1.165, 1.54) is 12.8 Å². The fraction of sp³-hybridized carbons (Fsp3) is 0.778. The molecule has 1 heterocycles. The van der Waals surface area contributed by atoms with Gasteiger partial charge in [0.05, 0.1) is 6.42 Å². The summed E-state index contributed by atoms with van der Waals surface area (Å²) in [6.45, 7) is 2.82. The van der Waals surface area contributed by atoms with Gasteiger partial charge in [0.25, 0.3) is 0 Å². The maximum atomic E-state index is 11.0. The summed E-state index contributed by atoms with van der Waals surface area (Å²) in [7, 11) is 0. The van der Waals surface area contributed by atoms with Crippen LogP contribution in [0.15, 0.2) is 0 Å². The largest absolute Gasteiger partial charge is 0.450 e. The number of carbonyl (C=O) groups is 1. The van der Waals surface area contributed by atoms with Crippen LogP contribution in [0.2, 0.25) is 0 Å². The van der Waals surface area contributed by atoms with Crippen molar-refractivity contribution in [1.29, 1.82) is 5.26 Å². The number of nitriles is 1. The van der Waals surface area contributed by atoms with Crippen molar-refractivity contribution in [2.45, 2.75) is 19.3 Å². The summed E-state index contributed by atoms with van der Waals surface area (Å²) in [5.74, 6) is -0.270. The fourth-order valence-corrected chi connectivity index (χ4v) is 1.44. The highest BCUT2D eigenvalue weighted by molar-refractivity contribution is 5.69. The molecule has 0 atom stereocenters. The molecule has 1 aliphatic rings. The van der Waals surface area contributed by atoms with E-state index < -0.39 is 0 Å². The summed E-state index contributed by atoms with van der Waals surface area (Å²) < 4.78 is 4.62. The Morgan fingerprint density at radius 1 is 1.46 bits per heavy atom. The Kier molecular flexibility index (Phi) is 4.27. The van der Waals surface area contributed by atoms with Gasteiger partial charge >= 0.3 is 5.97 Å². The smallest absolute Gasteiger partial charge is 0.308 e. The number of nitrogens with zero attached hydrogens (tertiary/aromatic N) is 2. The first kappa shape index (κ1) is 10.0. The predicted octanol–water partition coefficient (Wildman–Crippen LogP) is 0.539. The van der Waals surface area contributed by atoms with Crippen molar-refractivity contribution in [2.75, 3.05) is 26.2 Å². The topological polar surface area (TPSA) is 53.3 Å². The molecular weight excluding hydrogens is 168 g/mol. The van der Waals surface area contributed by atoms with Crippen LogP contribution in [0.5, 0.6) is 0 Å². The molecule has 0 aromatic heterocycles. The molecular formula is C9H14N2O2. The third-order valence-corrected chi connectivity index (χ3v) is 2.13. The van der Waals surface area contributed by atoms with Crippen LogP contribution in [-0.4, -0.2) is 37.1 Å². The van der Waals surface area contributed by atoms with Gasteiger partial charge in [0.15, 0.2) is 6.61 Å². The average Bonchev–Trinajstić information content (AvgIpc) is 2.64. The molecule has 0 radical (unpaired) electrons. The van der Waals surface area contributed by atoms with Crippen molar-refractivity contribution < 1.29 is 9.53 Å². The van der Waals surface area contributed by atoms with E-state index in [9.17, 15) is 4.79 Å². The van der Waals surface area contributed by atoms with Crippen molar-refractivity contribution in [1.82, 2.24) is 4.90 Å². The Morgan fingerprint density at radius 2 is 2.15 bits per heavy atom. The quantitative estimate of drug-likeness (QED) is 0.595. The second-order valence-electron chi connectivity index (χ2n) is 3.12. The molecule has 4 nitrogen and oxygen atoms in total. The molecule has 1 rings (SSSR count). The Hall–Kier alpha value is -1.08. The molecule has 0 amide bonds. The molecule has 1 fully saturated rings. The van der Waals surface area contributed by atoms with Gasteiger partial charge in [-0.05, 0) is 25.9 Å². The summed E-state index contributed by atoms with van der Waals surface area (Å²) in [5.41, 5.74) is 0. The number of hydrogen-bond acceptors (Lipinski definition) is 4. The molecule has 0 saturated carbocycles. The molecule has 72 valence electrons. The number of hydrogen-bond donors (Lipinski definition) is 0. The summed E-state index contributed by atoms with van der Waals surface area (Å²) in [4.78, 5) is 13.2. The Balaban J connectivity index is 2.04. The number of ether oxygens (including phenoxy) is 1. The van der Waals surface area contributed by atoms with Crippen LogP contribution in [-0.2, 0) is 9.53 Å². The van der Waals surface area contributed by atoms with Crippen LogP contribution in [0.3, 0.4) is 0 Å². The molecule has 0 bridgehead atoms. The van der Waals surface area contributed by atoms with Crippen LogP contribution in [0.4, 0.5) is 0 Å². The van der Waals surface area contributed by atoms with Crippen LogP contribution in [0.1, 0.15) is 19.3 Å². The lowest BCUT2D eigenvalue weighted by atomic mass is 10.4. The molecule has 0 aromatic rings. The Morgan fingerprint density at radius 3 is 2.77 bits per heavy atom. The van der Waals surface area contributed by atoms with Gasteiger partial charge in [-0.25, -0.2) is 0 Å². The first-order chi connectivity index (χ1) is 6.33. The number of rotatable bonds is 4. The molecule has 1 aliphatic heterocycles. The second-order valence-corrected chi connectivity index (χ2v) is 3.12. The lowest BCUT2D eigenvalue weighted by Gasteiger charge is -2.12. The summed E-state index contributed by atoms with van der Waals surface area (Å²) in [6.07, 6.45) is 2.86. The van der Waals surface area contributed by atoms with Gasteiger partial charge < -0.3 is 9.64 Å². The maximum absolute atomic E-state index is 11.0. The molecule has 4 heteroatoms. The van der Waals surface area contributed by atoms with Gasteiger partial charge in [0.2, 0.25) is 0 Å². The molecule has 0 aromatic carbocycles. The number of likely N-dealkylation sites (tertiary alicyclic amines) is 1. The van der Waals surface area contributed by atoms with Crippen LogP contribution >= 0.6 is 0 Å². The number of esters is 1. The van der Waals surface area contributed by atoms with E-state index in [-0.39, 0.29) is 12.6 Å². The van der Waals surface area contributed by atoms with E-state index in [0.717, 1.165) is 19.6 Å². The normalized spacial score (nSPS) is 16.8. The predicted molar refractivity (Wildman–Crippen MR) is 46.9 cm³/mol. The van der Waals surface area contributed by atoms with Crippen LogP contribution in [0, 0.1) is 11.3 Å². The van der Waals surface area contributed by atoms with Crippen molar-refractivity contribution in [3.05, 3.63) is 0 Å². The highest BCUT2D eigenvalue weighted by Crippen LogP contribution is 2.07. The van der Waals surface area contributed by atoms with Gasteiger partial charge in [-0.3, -0.25) is 4.79 Å². The summed E-state index contributed by atoms with van der Waals surface area (Å²) in [6, 6.07) is 1.77. The molecule has 13 heavy (non-hydrogen) atoms. The van der Waals surface area contributed by atoms with E-state index in [0.29, 0.717) is 6.42 Å². The monoisotopic (exact) mass is 182 g/mol. The molecule has 1 saturated heterocycles. The van der Waals surface area contributed by atoms with Crippen LogP contribution < -0.4 is 0 Å². The summed E-state index contributed by atoms with van der Waals surface area (Å²) >= 11 is 0. The van der Waals surface area contributed by atoms with Crippen molar-refractivity contribution in [3.63, 3.8) is 0 Å². The van der Waals surface area contributed by atoms with E-state index >= 15 is 0 Å². The molecule has 0 aliphatic carbocycles. The van der Waals surface area contributed by atoms with Gasteiger partial charge in [-0.2, -0.15) is 5.26 Å². The zero-order valence-electron chi connectivity index (χ0n) is 7.66. The minimum atomic E-state index is -0.270. The van der Waals surface area contributed by atoms with Gasteiger partial charge in [0.1, 0.15) is 6.07 Å². The zero-order chi connectivity index (χ0) is 9.52. The van der Waals surface area contributed by atoms with Crippen LogP contribution in [0.25, 0.3) is 0 Å². The van der Waals surface area contributed by atoms with Crippen molar-refractivity contribution in [3.8, 4) is 6.07 Å². The Labute approximate surface area is 78.1 Å². The average molecular weight is 182 g/mol. The van der Waals surface area contributed by atoms with Gasteiger partial charge in [0, 0.05) is 6.54 Å². The first-order valence-corrected chi connectivity index (χ1v) is 4.58. The minimum Gasteiger partial charge on any atom is -0.450 e. The van der Waals surface area contributed by atoms with Gasteiger partial charge in [-0.15, -0.1) is 0 Å². The van der Waals surface area contributed by atoms with Crippen molar-refractivity contribution in [2.24, 2.45) is 0 Å². The third-order valence-electron chi connectivity index (χ3n) is 2.13. The zero-order valence-corrected chi connectivity index (χ0v) is 7.66. The molecule has 0 spiro atoms. The van der Waals surface area contributed by atoms with E-state index in [1.807, 2.05) is 0 Å². The first-order valence-electron chi connectivity index (χ1n) is 4.58. The minimum absolute atomic E-state index is 0.126. The summed E-state index contributed by atoms with van der Waals surface area (Å²) in [5, 5.41) is 8.16. The Bertz CT molecular complexity index is 204. The highest BCUT2D eigenvalue weighted by atomic mass is 16.5. The third kappa shape index (κ3) is 3.90. The van der Waals surface area contributed by atoms with E-state index in [4.69, 9.17) is 5.26 Å². The lowest BCUT2D eigenvalue weighted by Crippen LogP contribution is -2.23. The molecule has 0 unspecified atom stereocenters.